The van der Waals surface area contributed by atoms with Crippen molar-refractivity contribution in [1.82, 2.24) is 29.8 Å². The summed E-state index contributed by atoms with van der Waals surface area (Å²) in [6.45, 7) is 5.54. The van der Waals surface area contributed by atoms with Crippen LogP contribution in [0.15, 0.2) is 30.6 Å². The number of carbonyl (C=O) groups excluding carboxylic acids is 1. The number of anilines is 5. The second-order valence-electron chi connectivity index (χ2n) is 8.90. The molecule has 2 aliphatic rings. The van der Waals surface area contributed by atoms with Gasteiger partial charge in [0, 0.05) is 64.3 Å². The molecule has 5 heterocycles. The van der Waals surface area contributed by atoms with Gasteiger partial charge in [-0.2, -0.15) is 9.97 Å². The first-order valence-electron chi connectivity index (χ1n) is 12.2. The summed E-state index contributed by atoms with van der Waals surface area (Å²) in [6.07, 6.45) is 4.86. The highest BCUT2D eigenvalue weighted by atomic mass is 16.5. The molecule has 37 heavy (non-hydrogen) atoms. The zero-order chi connectivity index (χ0) is 25.8. The van der Waals surface area contributed by atoms with Crippen molar-refractivity contribution < 1.29 is 14.3 Å². The topological polar surface area (TPSA) is 171 Å². The normalized spacial score (nSPS) is 16.5. The maximum Gasteiger partial charge on any atom is 0.228 e. The number of nitrogens with two attached hydrogens (primary N) is 2. The van der Waals surface area contributed by atoms with Gasteiger partial charge < -0.3 is 36.1 Å². The summed E-state index contributed by atoms with van der Waals surface area (Å²) in [7, 11) is 0. The van der Waals surface area contributed by atoms with E-state index in [-0.39, 0.29) is 23.8 Å². The number of carbonyl (C=O) groups is 1. The van der Waals surface area contributed by atoms with Crippen LogP contribution in [-0.4, -0.2) is 81.2 Å². The molecule has 3 aromatic rings. The lowest BCUT2D eigenvalue weighted by atomic mass is 10.1. The molecule has 2 aliphatic heterocycles. The number of piperidine rings is 1. The standard InChI is InChI=1S/C24H30N10O3/c1-15(35)33-6-4-17(5-7-33)37-21-3-2-16(13-27-21)29-20-12-19(18-14-28-23(26)32-22(18)25)30-24(31-20)34-8-10-36-11-9-34/h2-3,12-14,17H,4-11H2,1H3,(H,29,30,31)(H4,25,26,28,32). The van der Waals surface area contributed by atoms with Crippen LogP contribution >= 0.6 is 0 Å². The minimum Gasteiger partial charge on any atom is -0.474 e. The molecule has 194 valence electrons. The molecule has 2 saturated heterocycles. The first-order chi connectivity index (χ1) is 17.9. The third-order valence-corrected chi connectivity index (χ3v) is 6.30. The summed E-state index contributed by atoms with van der Waals surface area (Å²) in [5.41, 5.74) is 13.6. The molecule has 5 N–H and O–H groups in total. The number of rotatable bonds is 6. The average Bonchev–Trinajstić information content (AvgIpc) is 2.90. The fraction of sp³-hybridized carbons (Fsp3) is 0.417. The van der Waals surface area contributed by atoms with E-state index in [1.54, 1.807) is 25.4 Å². The Morgan fingerprint density at radius 2 is 1.84 bits per heavy atom. The Bertz CT molecular complexity index is 1240. The molecule has 1 amide bonds. The maximum atomic E-state index is 11.5. The van der Waals surface area contributed by atoms with Gasteiger partial charge in [-0.25, -0.2) is 15.0 Å². The van der Waals surface area contributed by atoms with Crippen LogP contribution in [0.3, 0.4) is 0 Å². The zero-order valence-electron chi connectivity index (χ0n) is 20.6. The van der Waals surface area contributed by atoms with Gasteiger partial charge in [0.25, 0.3) is 0 Å². The highest BCUT2D eigenvalue weighted by Gasteiger charge is 2.22. The van der Waals surface area contributed by atoms with Gasteiger partial charge in [-0.3, -0.25) is 4.79 Å². The lowest BCUT2D eigenvalue weighted by Gasteiger charge is -2.31. The fourth-order valence-corrected chi connectivity index (χ4v) is 4.28. The molecule has 0 saturated carbocycles. The van der Waals surface area contributed by atoms with E-state index in [0.29, 0.717) is 68.3 Å². The van der Waals surface area contributed by atoms with Gasteiger partial charge in [0.1, 0.15) is 17.7 Å². The van der Waals surface area contributed by atoms with Crippen LogP contribution in [0.5, 0.6) is 5.88 Å². The SMILES string of the molecule is CC(=O)N1CCC(Oc2ccc(Nc3cc(-c4cnc(N)nc4N)nc(N4CCOCC4)n3)cn2)CC1. The monoisotopic (exact) mass is 506 g/mol. The first kappa shape index (κ1) is 24.4. The number of nitrogens with one attached hydrogen (secondary N) is 1. The largest absolute Gasteiger partial charge is 0.474 e. The minimum atomic E-state index is 0.0370. The molecule has 5 rings (SSSR count). The van der Waals surface area contributed by atoms with Crippen LogP contribution in [-0.2, 0) is 9.53 Å². The van der Waals surface area contributed by atoms with Crippen molar-refractivity contribution in [1.29, 1.82) is 0 Å². The van der Waals surface area contributed by atoms with Crippen LogP contribution in [0.2, 0.25) is 0 Å². The average molecular weight is 507 g/mol. The third kappa shape index (κ3) is 5.94. The molecule has 13 nitrogen and oxygen atoms in total. The van der Waals surface area contributed by atoms with Crippen molar-refractivity contribution in [3.05, 3.63) is 30.6 Å². The first-order valence-corrected chi connectivity index (χ1v) is 12.2. The summed E-state index contributed by atoms with van der Waals surface area (Å²) < 4.78 is 11.5. The van der Waals surface area contributed by atoms with Crippen molar-refractivity contribution in [2.45, 2.75) is 25.9 Å². The number of hydrogen-bond acceptors (Lipinski definition) is 12. The van der Waals surface area contributed by atoms with Crippen LogP contribution < -0.4 is 26.4 Å². The van der Waals surface area contributed by atoms with E-state index in [4.69, 9.17) is 30.9 Å². The molecule has 13 heteroatoms. The Morgan fingerprint density at radius 1 is 1.05 bits per heavy atom. The minimum absolute atomic E-state index is 0.0370. The quantitative estimate of drug-likeness (QED) is 0.440. The van der Waals surface area contributed by atoms with Crippen molar-refractivity contribution in [3.8, 4) is 17.1 Å². The van der Waals surface area contributed by atoms with E-state index in [1.807, 2.05) is 17.0 Å². The lowest BCUT2D eigenvalue weighted by molar-refractivity contribution is -0.130. The molecule has 0 bridgehead atoms. The third-order valence-electron chi connectivity index (χ3n) is 6.30. The summed E-state index contributed by atoms with van der Waals surface area (Å²) in [5.74, 6) is 2.08. The number of aromatic nitrogens is 5. The molecular weight excluding hydrogens is 476 g/mol. The maximum absolute atomic E-state index is 11.5. The summed E-state index contributed by atoms with van der Waals surface area (Å²) in [4.78, 5) is 37.4. The second kappa shape index (κ2) is 10.8. The van der Waals surface area contributed by atoms with Gasteiger partial charge in [-0.1, -0.05) is 0 Å². The second-order valence-corrected chi connectivity index (χ2v) is 8.90. The Hall–Kier alpha value is -4.26. The fourth-order valence-electron chi connectivity index (χ4n) is 4.28. The molecule has 0 aliphatic carbocycles. The summed E-state index contributed by atoms with van der Waals surface area (Å²) in [5, 5.41) is 3.30. The van der Waals surface area contributed by atoms with Gasteiger partial charge >= 0.3 is 0 Å². The number of morpholine rings is 1. The number of amides is 1. The van der Waals surface area contributed by atoms with Crippen LogP contribution in [0.1, 0.15) is 19.8 Å². The molecule has 0 unspecified atom stereocenters. The summed E-state index contributed by atoms with van der Waals surface area (Å²) >= 11 is 0. The van der Waals surface area contributed by atoms with Crippen LogP contribution in [0.4, 0.5) is 29.2 Å². The molecule has 0 atom stereocenters. The summed E-state index contributed by atoms with van der Waals surface area (Å²) in [6, 6.07) is 5.47. The lowest BCUT2D eigenvalue weighted by Crippen LogP contribution is -2.40. The van der Waals surface area contributed by atoms with E-state index in [1.165, 1.54) is 0 Å². The Labute approximate surface area is 214 Å². The molecule has 0 aromatic carbocycles. The van der Waals surface area contributed by atoms with E-state index in [2.05, 4.69) is 25.2 Å². The van der Waals surface area contributed by atoms with Crippen molar-refractivity contribution in [2.75, 3.05) is 61.1 Å². The van der Waals surface area contributed by atoms with E-state index in [0.717, 1.165) is 18.5 Å². The number of likely N-dealkylation sites (tertiary alicyclic amines) is 1. The van der Waals surface area contributed by atoms with E-state index < -0.39 is 0 Å². The number of nitrogens with zero attached hydrogens (tertiary/aromatic N) is 7. The van der Waals surface area contributed by atoms with Gasteiger partial charge in [-0.15, -0.1) is 0 Å². The van der Waals surface area contributed by atoms with Crippen LogP contribution in [0, 0.1) is 0 Å². The number of nitrogen functional groups attached to an aromatic ring is 2. The van der Waals surface area contributed by atoms with Gasteiger partial charge in [0.2, 0.25) is 23.7 Å². The zero-order valence-corrected chi connectivity index (χ0v) is 20.6. The van der Waals surface area contributed by atoms with Gasteiger partial charge in [0.15, 0.2) is 0 Å². The van der Waals surface area contributed by atoms with Crippen molar-refractivity contribution in [2.24, 2.45) is 0 Å². The Balaban J connectivity index is 1.33. The highest BCUT2D eigenvalue weighted by Crippen LogP contribution is 2.28. The Morgan fingerprint density at radius 3 is 2.51 bits per heavy atom. The molecule has 2 fully saturated rings. The predicted molar refractivity (Wildman–Crippen MR) is 138 cm³/mol. The molecule has 0 radical (unpaired) electrons. The highest BCUT2D eigenvalue weighted by molar-refractivity contribution is 5.74. The number of pyridine rings is 1. The number of hydrogen-bond donors (Lipinski definition) is 3. The van der Waals surface area contributed by atoms with Crippen molar-refractivity contribution in [3.63, 3.8) is 0 Å². The predicted octanol–water partition coefficient (Wildman–Crippen LogP) is 1.46. The van der Waals surface area contributed by atoms with Crippen molar-refractivity contribution >= 4 is 35.1 Å². The van der Waals surface area contributed by atoms with E-state index >= 15 is 0 Å². The Kier molecular flexibility index (Phi) is 7.12. The van der Waals surface area contributed by atoms with Gasteiger partial charge in [0.05, 0.1) is 36.4 Å². The van der Waals surface area contributed by atoms with E-state index in [9.17, 15) is 4.79 Å². The van der Waals surface area contributed by atoms with Gasteiger partial charge in [-0.05, 0) is 6.07 Å². The smallest absolute Gasteiger partial charge is 0.228 e. The number of ether oxygens (including phenoxy) is 2. The molecular formula is C24H30N10O3. The molecule has 3 aromatic heterocycles. The van der Waals surface area contributed by atoms with Crippen LogP contribution in [0.25, 0.3) is 11.3 Å². The molecule has 0 spiro atoms.